The number of nitrogens with zero attached hydrogens (tertiary/aromatic N) is 4. The molecule has 49 heavy (non-hydrogen) atoms. The van der Waals surface area contributed by atoms with Crippen LogP contribution in [-0.2, 0) is 19.1 Å². The van der Waals surface area contributed by atoms with Crippen LogP contribution in [0.2, 0.25) is 0 Å². The molecule has 0 unspecified atom stereocenters. The lowest BCUT2D eigenvalue weighted by atomic mass is 9.44. The molecule has 2 heterocycles. The molecule has 270 valence electrons. The van der Waals surface area contributed by atoms with Gasteiger partial charge in [0.2, 0.25) is 5.91 Å². The third kappa shape index (κ3) is 6.53. The zero-order valence-corrected chi connectivity index (χ0v) is 30.4. The summed E-state index contributed by atoms with van der Waals surface area (Å²) >= 11 is 0. The van der Waals surface area contributed by atoms with Crippen LogP contribution < -0.4 is 9.64 Å². The molecule has 1 amide bonds. The molecule has 3 aliphatic carbocycles. The van der Waals surface area contributed by atoms with E-state index < -0.39 is 23.0 Å². The molecule has 8 atom stereocenters. The Balaban J connectivity index is 1.04. The number of carbonyl (C=O) groups excluding carboxylic acids is 3. The standard InChI is InChI=1S/C39H58N4O6/c1-7-37(4)24-32(38(5)27(2)12-14-39(28(3)36(37)47)15-13-31(44)35(38)39)49-34(46)26-41-18-22-43(23-19-41)33(45)25-40-16-20-42(21-17-40)29-8-10-30(48-6)11-9-29/h7-11,27-28,32,35-36,47H,1,12-26H2,2-6H3/t27-,28+,32-,35+,36+,37-,38+,39+/m1/s1. The second kappa shape index (κ2) is 14.0. The monoisotopic (exact) mass is 678 g/mol. The van der Waals surface area contributed by atoms with E-state index in [2.05, 4.69) is 54.2 Å². The Morgan fingerprint density at radius 1 is 0.959 bits per heavy atom. The summed E-state index contributed by atoms with van der Waals surface area (Å²) in [6.45, 7) is 19.0. The second-order valence-corrected chi connectivity index (χ2v) is 16.2. The van der Waals surface area contributed by atoms with Crippen LogP contribution in [0.25, 0.3) is 0 Å². The van der Waals surface area contributed by atoms with Gasteiger partial charge in [-0.05, 0) is 67.2 Å². The lowest BCUT2D eigenvalue weighted by Crippen LogP contribution is -2.63. The van der Waals surface area contributed by atoms with Crippen molar-refractivity contribution < 1.29 is 29.0 Å². The van der Waals surface area contributed by atoms with Crippen molar-refractivity contribution in [1.29, 1.82) is 0 Å². The number of aliphatic hydroxyl groups excluding tert-OH is 1. The van der Waals surface area contributed by atoms with E-state index in [0.29, 0.717) is 45.6 Å². The molecule has 0 spiro atoms. The van der Waals surface area contributed by atoms with Gasteiger partial charge in [0.1, 0.15) is 17.6 Å². The summed E-state index contributed by atoms with van der Waals surface area (Å²) in [6, 6.07) is 8.11. The minimum atomic E-state index is -0.680. The average molecular weight is 679 g/mol. The first-order valence-corrected chi connectivity index (χ1v) is 18.5. The van der Waals surface area contributed by atoms with E-state index >= 15 is 0 Å². The second-order valence-electron chi connectivity index (χ2n) is 16.2. The molecule has 6 rings (SSSR count). The molecule has 10 nitrogen and oxygen atoms in total. The molecule has 2 aliphatic heterocycles. The summed E-state index contributed by atoms with van der Waals surface area (Å²) in [6.07, 6.45) is 4.25. The van der Waals surface area contributed by atoms with E-state index in [9.17, 15) is 19.5 Å². The van der Waals surface area contributed by atoms with Gasteiger partial charge < -0.3 is 24.4 Å². The minimum absolute atomic E-state index is 0.0570. The van der Waals surface area contributed by atoms with E-state index in [0.717, 1.165) is 51.2 Å². The molecule has 3 saturated carbocycles. The number of hydrogen-bond acceptors (Lipinski definition) is 9. The van der Waals surface area contributed by atoms with Crippen molar-refractivity contribution in [2.45, 2.75) is 72.0 Å². The number of esters is 1. The maximum atomic E-state index is 13.7. The summed E-state index contributed by atoms with van der Waals surface area (Å²) in [4.78, 5) is 49.2. The summed E-state index contributed by atoms with van der Waals surface area (Å²) in [5.41, 5.74) is -0.299. The Labute approximate surface area is 292 Å². The smallest absolute Gasteiger partial charge is 0.320 e. The van der Waals surface area contributed by atoms with E-state index in [1.165, 1.54) is 5.69 Å². The number of hydrogen-bond donors (Lipinski definition) is 1. The average Bonchev–Trinajstić information content (AvgIpc) is 3.47. The fourth-order valence-electron chi connectivity index (χ4n) is 10.3. The molecule has 1 aromatic rings. The van der Waals surface area contributed by atoms with E-state index in [4.69, 9.17) is 9.47 Å². The predicted octanol–water partition coefficient (Wildman–Crippen LogP) is 3.87. The summed E-state index contributed by atoms with van der Waals surface area (Å²) in [5.74, 6) is 0.841. The predicted molar refractivity (Wildman–Crippen MR) is 189 cm³/mol. The number of ether oxygens (including phenoxy) is 2. The van der Waals surface area contributed by atoms with Crippen LogP contribution in [0.1, 0.15) is 59.8 Å². The quantitative estimate of drug-likeness (QED) is 0.325. The van der Waals surface area contributed by atoms with E-state index in [1.54, 1.807) is 7.11 Å². The Morgan fingerprint density at radius 2 is 1.59 bits per heavy atom. The van der Waals surface area contributed by atoms with E-state index in [-0.39, 0.29) is 47.4 Å². The normalized spacial score (nSPS) is 37.2. The lowest BCUT2D eigenvalue weighted by Gasteiger charge is -2.61. The van der Waals surface area contributed by atoms with Gasteiger partial charge in [-0.2, -0.15) is 0 Å². The molecule has 1 N–H and O–H groups in total. The van der Waals surface area contributed by atoms with Crippen molar-refractivity contribution >= 4 is 23.3 Å². The number of ketones is 1. The summed E-state index contributed by atoms with van der Waals surface area (Å²) in [7, 11) is 1.67. The lowest BCUT2D eigenvalue weighted by molar-refractivity contribution is -0.207. The first-order valence-electron chi connectivity index (χ1n) is 18.5. The van der Waals surface area contributed by atoms with Gasteiger partial charge in [-0.1, -0.05) is 33.8 Å². The van der Waals surface area contributed by atoms with Crippen molar-refractivity contribution in [1.82, 2.24) is 14.7 Å². The molecule has 0 radical (unpaired) electrons. The van der Waals surface area contributed by atoms with Crippen LogP contribution in [0, 0.1) is 34.0 Å². The van der Waals surface area contributed by atoms with Gasteiger partial charge in [0.15, 0.2) is 0 Å². The zero-order chi connectivity index (χ0) is 35.1. The number of aliphatic hydroxyl groups is 1. The highest BCUT2D eigenvalue weighted by atomic mass is 16.5. The number of rotatable bonds is 8. The highest BCUT2D eigenvalue weighted by Crippen LogP contribution is 2.68. The van der Waals surface area contributed by atoms with Gasteiger partial charge in [-0.15, -0.1) is 6.58 Å². The Hall–Kier alpha value is -2.95. The van der Waals surface area contributed by atoms with Crippen LogP contribution >= 0.6 is 0 Å². The van der Waals surface area contributed by atoms with E-state index in [1.807, 2.05) is 30.0 Å². The number of piperazine rings is 2. The molecular formula is C39H58N4O6. The first kappa shape index (κ1) is 35.9. The molecule has 5 fully saturated rings. The van der Waals surface area contributed by atoms with Crippen molar-refractivity contribution in [3.8, 4) is 5.75 Å². The fourth-order valence-corrected chi connectivity index (χ4v) is 10.3. The first-order chi connectivity index (χ1) is 23.3. The molecule has 2 saturated heterocycles. The molecule has 0 aromatic heterocycles. The van der Waals surface area contributed by atoms with Gasteiger partial charge in [-0.3, -0.25) is 24.2 Å². The van der Waals surface area contributed by atoms with Crippen LogP contribution in [0.5, 0.6) is 5.75 Å². The van der Waals surface area contributed by atoms with Crippen LogP contribution in [-0.4, -0.2) is 122 Å². The Morgan fingerprint density at radius 3 is 2.22 bits per heavy atom. The van der Waals surface area contributed by atoms with Crippen LogP contribution in [0.3, 0.4) is 0 Å². The number of methoxy groups -OCH3 is 1. The Kier molecular flexibility index (Phi) is 10.2. The highest BCUT2D eigenvalue weighted by molar-refractivity contribution is 5.86. The number of Topliss-reactive ketones (excluding diaryl/α,β-unsaturated/α-hetero) is 1. The van der Waals surface area contributed by atoms with Crippen LogP contribution in [0.15, 0.2) is 36.9 Å². The van der Waals surface area contributed by atoms with Crippen molar-refractivity contribution in [3.05, 3.63) is 36.9 Å². The van der Waals surface area contributed by atoms with Crippen molar-refractivity contribution in [2.24, 2.45) is 34.0 Å². The van der Waals surface area contributed by atoms with Crippen molar-refractivity contribution in [2.75, 3.05) is 77.5 Å². The topological polar surface area (TPSA) is 103 Å². The highest BCUT2D eigenvalue weighted by Gasteiger charge is 2.68. The maximum absolute atomic E-state index is 13.7. The van der Waals surface area contributed by atoms with Crippen LogP contribution in [0.4, 0.5) is 5.69 Å². The van der Waals surface area contributed by atoms with Gasteiger partial charge >= 0.3 is 5.97 Å². The maximum Gasteiger partial charge on any atom is 0.320 e. The minimum Gasteiger partial charge on any atom is -0.497 e. The zero-order valence-electron chi connectivity index (χ0n) is 30.4. The molecule has 2 bridgehead atoms. The largest absolute Gasteiger partial charge is 0.497 e. The fraction of sp³-hybridized carbons (Fsp3) is 0.718. The summed E-state index contributed by atoms with van der Waals surface area (Å²) in [5, 5.41) is 11.8. The number of carbonyl (C=O) groups is 3. The molecule has 1 aromatic carbocycles. The SMILES string of the molecule is C=C[C@]1(C)C[C@@H](OC(=O)CN2CCN(C(=O)CN3CCN(c4ccc(OC)cc4)CC3)CC2)[C@]2(C)[C@H](C)CC[C@]3(CCC(=O)[C@H]32)[C@@H](C)[C@@H]1O. The van der Waals surface area contributed by atoms with Gasteiger partial charge in [0.05, 0.1) is 26.3 Å². The number of anilines is 1. The Bertz CT molecular complexity index is 1390. The third-order valence-electron chi connectivity index (χ3n) is 13.8. The molecular weight excluding hydrogens is 620 g/mol. The van der Waals surface area contributed by atoms with Gasteiger partial charge in [-0.25, -0.2) is 0 Å². The van der Waals surface area contributed by atoms with Gasteiger partial charge in [0.25, 0.3) is 0 Å². The summed E-state index contributed by atoms with van der Waals surface area (Å²) < 4.78 is 11.7. The van der Waals surface area contributed by atoms with Crippen molar-refractivity contribution in [3.63, 3.8) is 0 Å². The van der Waals surface area contributed by atoms with Gasteiger partial charge in [0, 0.05) is 81.2 Å². The third-order valence-corrected chi connectivity index (χ3v) is 13.8. The molecule has 10 heteroatoms. The molecule has 5 aliphatic rings. The number of benzene rings is 1. The number of amides is 1.